The van der Waals surface area contributed by atoms with Crippen molar-refractivity contribution in [1.29, 1.82) is 0 Å². The fourth-order valence-corrected chi connectivity index (χ4v) is 2.83. The molecular weight excluding hydrogens is 294 g/mol. The molecule has 0 saturated heterocycles. The van der Waals surface area contributed by atoms with E-state index in [-0.39, 0.29) is 16.3 Å². The van der Waals surface area contributed by atoms with Crippen LogP contribution in [0.1, 0.15) is 0 Å². The molecule has 0 fully saturated rings. The van der Waals surface area contributed by atoms with E-state index in [9.17, 15) is 13.5 Å². The fourth-order valence-electron chi connectivity index (χ4n) is 1.77. The highest BCUT2D eigenvalue weighted by Gasteiger charge is 2.17. The molecule has 0 aliphatic carbocycles. The maximum Gasteiger partial charge on any atom is 0.262 e. The molecule has 2 rings (SSSR count). The first-order chi connectivity index (χ1) is 9.96. The molecule has 0 unspecified atom stereocenters. The lowest BCUT2D eigenvalue weighted by Gasteiger charge is -2.11. The Hall–Kier alpha value is -2.41. The Labute approximate surface area is 123 Å². The molecule has 21 heavy (non-hydrogen) atoms. The summed E-state index contributed by atoms with van der Waals surface area (Å²) in [5.41, 5.74) is 0.268. The molecule has 0 radical (unpaired) electrons. The summed E-state index contributed by atoms with van der Waals surface area (Å²) in [5, 5.41) is 9.36. The van der Waals surface area contributed by atoms with Gasteiger partial charge in [-0.3, -0.25) is 4.72 Å². The van der Waals surface area contributed by atoms with Crippen LogP contribution in [0, 0.1) is 0 Å². The topological polar surface area (TPSA) is 84.9 Å². The van der Waals surface area contributed by atoms with Crippen molar-refractivity contribution in [3.8, 4) is 17.2 Å². The Balaban J connectivity index is 2.35. The van der Waals surface area contributed by atoms with Crippen LogP contribution in [0.3, 0.4) is 0 Å². The number of methoxy groups -OCH3 is 2. The van der Waals surface area contributed by atoms with Crippen molar-refractivity contribution >= 4 is 15.7 Å². The molecule has 0 aliphatic heterocycles. The van der Waals surface area contributed by atoms with Crippen LogP contribution < -0.4 is 14.2 Å². The van der Waals surface area contributed by atoms with Crippen LogP contribution in [0.25, 0.3) is 0 Å². The van der Waals surface area contributed by atoms with Gasteiger partial charge in [0.15, 0.2) is 11.5 Å². The predicted octanol–water partition coefficient (Wildman–Crippen LogP) is 2.21. The number of hydrogen-bond donors (Lipinski definition) is 2. The van der Waals surface area contributed by atoms with Crippen molar-refractivity contribution in [2.24, 2.45) is 0 Å². The van der Waals surface area contributed by atoms with Crippen molar-refractivity contribution in [1.82, 2.24) is 0 Å². The summed E-state index contributed by atoms with van der Waals surface area (Å²) in [7, 11) is -0.888. The molecule has 0 saturated carbocycles. The van der Waals surface area contributed by atoms with Gasteiger partial charge in [0.1, 0.15) is 5.75 Å². The second-order valence-electron chi connectivity index (χ2n) is 4.17. The van der Waals surface area contributed by atoms with Crippen molar-refractivity contribution in [2.75, 3.05) is 18.9 Å². The average molecular weight is 309 g/mol. The first-order valence-corrected chi connectivity index (χ1v) is 7.48. The van der Waals surface area contributed by atoms with E-state index >= 15 is 0 Å². The van der Waals surface area contributed by atoms with Crippen molar-refractivity contribution in [3.63, 3.8) is 0 Å². The summed E-state index contributed by atoms with van der Waals surface area (Å²) in [6.07, 6.45) is 0. The highest BCUT2D eigenvalue weighted by molar-refractivity contribution is 7.92. The number of phenolic OH excluding ortho intramolecular Hbond substituents is 1. The van der Waals surface area contributed by atoms with Gasteiger partial charge >= 0.3 is 0 Å². The van der Waals surface area contributed by atoms with Gasteiger partial charge in [-0.1, -0.05) is 6.07 Å². The van der Waals surface area contributed by atoms with Crippen LogP contribution in [0.15, 0.2) is 47.4 Å². The normalized spacial score (nSPS) is 11.0. The number of aromatic hydroxyl groups is 1. The van der Waals surface area contributed by atoms with Crippen LogP contribution in [-0.4, -0.2) is 27.7 Å². The smallest absolute Gasteiger partial charge is 0.262 e. The molecule has 2 aromatic rings. The molecule has 0 aromatic heterocycles. The predicted molar refractivity (Wildman–Crippen MR) is 78.5 cm³/mol. The number of sulfonamides is 1. The number of anilines is 1. The highest BCUT2D eigenvalue weighted by atomic mass is 32.2. The third-order valence-corrected chi connectivity index (χ3v) is 4.14. The quantitative estimate of drug-likeness (QED) is 0.884. The van der Waals surface area contributed by atoms with Crippen LogP contribution in [0.2, 0.25) is 0 Å². The first-order valence-electron chi connectivity index (χ1n) is 6.00. The van der Waals surface area contributed by atoms with E-state index in [0.29, 0.717) is 11.5 Å². The molecule has 0 aliphatic rings. The van der Waals surface area contributed by atoms with Crippen LogP contribution in [0.4, 0.5) is 5.69 Å². The second-order valence-corrected chi connectivity index (χ2v) is 5.86. The summed E-state index contributed by atoms with van der Waals surface area (Å²) in [5.74, 6) is 0.729. The molecule has 0 bridgehead atoms. The molecule has 0 heterocycles. The number of rotatable bonds is 5. The molecule has 6 nitrogen and oxygen atoms in total. The van der Waals surface area contributed by atoms with Crippen molar-refractivity contribution < 1.29 is 23.0 Å². The summed E-state index contributed by atoms with van der Waals surface area (Å²) in [4.78, 5) is 0.0310. The van der Waals surface area contributed by atoms with Crippen LogP contribution in [0.5, 0.6) is 17.2 Å². The standard InChI is InChI=1S/C14H15NO5S/c1-19-13-7-6-12(9-14(13)20-2)21(17,18)15-10-4-3-5-11(16)8-10/h3-9,15-16H,1-2H3. The number of benzene rings is 2. The lowest BCUT2D eigenvalue weighted by atomic mass is 10.3. The number of ether oxygens (including phenoxy) is 2. The Morgan fingerprint density at radius 3 is 2.33 bits per heavy atom. The Morgan fingerprint density at radius 2 is 1.71 bits per heavy atom. The minimum absolute atomic E-state index is 0.0255. The first kappa shape index (κ1) is 15.0. The van der Waals surface area contributed by atoms with Gasteiger partial charge in [-0.15, -0.1) is 0 Å². The Bertz CT molecular complexity index is 743. The lowest BCUT2D eigenvalue weighted by molar-refractivity contribution is 0.354. The number of phenols is 1. The van der Waals surface area contributed by atoms with Gasteiger partial charge in [-0.05, 0) is 24.3 Å². The third-order valence-electron chi connectivity index (χ3n) is 2.76. The van der Waals surface area contributed by atoms with Gasteiger partial charge in [0.05, 0.1) is 24.8 Å². The Kier molecular flexibility index (Phi) is 4.23. The van der Waals surface area contributed by atoms with E-state index < -0.39 is 10.0 Å². The van der Waals surface area contributed by atoms with Gasteiger partial charge in [0.2, 0.25) is 0 Å². The monoisotopic (exact) mass is 309 g/mol. The molecule has 0 amide bonds. The fraction of sp³-hybridized carbons (Fsp3) is 0.143. The molecule has 0 atom stereocenters. The molecule has 2 N–H and O–H groups in total. The largest absolute Gasteiger partial charge is 0.508 e. The van der Waals surface area contributed by atoms with Crippen LogP contribution in [-0.2, 0) is 10.0 Å². The second kappa shape index (κ2) is 5.92. The Morgan fingerprint density at radius 1 is 1.00 bits per heavy atom. The van der Waals surface area contributed by atoms with Gasteiger partial charge < -0.3 is 14.6 Å². The maximum atomic E-state index is 12.3. The molecule has 0 spiro atoms. The minimum atomic E-state index is -3.78. The molecule has 112 valence electrons. The molecule has 7 heteroatoms. The maximum absolute atomic E-state index is 12.3. The zero-order chi connectivity index (χ0) is 15.5. The molecular formula is C14H15NO5S. The number of hydrogen-bond acceptors (Lipinski definition) is 5. The molecule has 2 aromatic carbocycles. The van der Waals surface area contributed by atoms with E-state index in [2.05, 4.69) is 4.72 Å². The van der Waals surface area contributed by atoms with Gasteiger partial charge in [0.25, 0.3) is 10.0 Å². The van der Waals surface area contributed by atoms with Gasteiger partial charge in [-0.2, -0.15) is 0 Å². The van der Waals surface area contributed by atoms with E-state index in [1.165, 1.54) is 50.6 Å². The van der Waals surface area contributed by atoms with Crippen LogP contribution >= 0.6 is 0 Å². The zero-order valence-corrected chi connectivity index (χ0v) is 12.3. The summed E-state index contributed by atoms with van der Waals surface area (Å²) in [6.45, 7) is 0. The van der Waals surface area contributed by atoms with Gasteiger partial charge in [0, 0.05) is 12.1 Å². The number of nitrogens with one attached hydrogen (secondary N) is 1. The highest BCUT2D eigenvalue weighted by Crippen LogP contribution is 2.30. The summed E-state index contributed by atoms with van der Waals surface area (Å²) < 4.78 is 37.1. The minimum Gasteiger partial charge on any atom is -0.508 e. The van der Waals surface area contributed by atoms with E-state index in [0.717, 1.165) is 0 Å². The summed E-state index contributed by atoms with van der Waals surface area (Å²) in [6, 6.07) is 10.1. The summed E-state index contributed by atoms with van der Waals surface area (Å²) >= 11 is 0. The SMILES string of the molecule is COc1ccc(S(=O)(=O)Nc2cccc(O)c2)cc1OC. The third kappa shape index (κ3) is 3.38. The van der Waals surface area contributed by atoms with E-state index in [1.807, 2.05) is 0 Å². The van der Waals surface area contributed by atoms with Crippen molar-refractivity contribution in [2.45, 2.75) is 4.90 Å². The lowest BCUT2D eigenvalue weighted by Crippen LogP contribution is -2.13. The van der Waals surface area contributed by atoms with Crippen molar-refractivity contribution in [3.05, 3.63) is 42.5 Å². The van der Waals surface area contributed by atoms with E-state index in [1.54, 1.807) is 6.07 Å². The zero-order valence-electron chi connectivity index (χ0n) is 11.5. The van der Waals surface area contributed by atoms with Gasteiger partial charge in [-0.25, -0.2) is 8.42 Å². The van der Waals surface area contributed by atoms with E-state index in [4.69, 9.17) is 9.47 Å². The average Bonchev–Trinajstić information content (AvgIpc) is 2.46.